The molecule has 2 aliphatic rings. The monoisotopic (exact) mass is 298 g/mol. The molecule has 114 valence electrons. The first-order valence-electron chi connectivity index (χ1n) is 7.76. The summed E-state index contributed by atoms with van der Waals surface area (Å²) in [6, 6.07) is 3.17. The van der Waals surface area contributed by atoms with Crippen LogP contribution in [0.5, 0.6) is 0 Å². The van der Waals surface area contributed by atoms with E-state index in [4.69, 9.17) is 9.16 Å². The molecule has 0 saturated carbocycles. The zero-order valence-electron chi connectivity index (χ0n) is 12.7. The minimum atomic E-state index is -1.79. The average Bonchev–Trinajstić information content (AvgIpc) is 2.83. The van der Waals surface area contributed by atoms with E-state index < -0.39 is 20.0 Å². The van der Waals surface area contributed by atoms with Crippen LogP contribution in [0.15, 0.2) is 12.2 Å². The van der Waals surface area contributed by atoms with Crippen LogP contribution in [0.2, 0.25) is 18.1 Å². The zero-order chi connectivity index (χ0) is 14.8. The Morgan fingerprint density at radius 2 is 2.05 bits per heavy atom. The van der Waals surface area contributed by atoms with Gasteiger partial charge in [-0.25, -0.2) is 0 Å². The molecule has 0 aromatic rings. The number of aliphatic hydroxyl groups excluding tert-OH is 1. The molecule has 4 nitrogen and oxygen atoms in total. The van der Waals surface area contributed by atoms with Crippen molar-refractivity contribution in [2.45, 2.75) is 76.0 Å². The Hall–Kier alpha value is -0.653. The fraction of sp³-hybridized carbons (Fsp3) is 0.800. The second-order valence-corrected chi connectivity index (χ2v) is 10.7. The molecule has 1 fully saturated rings. The molecule has 5 heteroatoms. The van der Waals surface area contributed by atoms with Gasteiger partial charge in [0.25, 0.3) is 0 Å². The molecule has 0 unspecified atom stereocenters. The van der Waals surface area contributed by atoms with Crippen molar-refractivity contribution in [2.75, 3.05) is 0 Å². The van der Waals surface area contributed by atoms with Crippen molar-refractivity contribution in [3.63, 3.8) is 0 Å². The molecule has 20 heavy (non-hydrogen) atoms. The van der Waals surface area contributed by atoms with Crippen LogP contribution in [-0.4, -0.2) is 37.2 Å². The Morgan fingerprint density at radius 3 is 2.55 bits per heavy atom. The van der Waals surface area contributed by atoms with Crippen LogP contribution < -0.4 is 0 Å². The second-order valence-electron chi connectivity index (χ2n) is 5.94. The summed E-state index contributed by atoms with van der Waals surface area (Å²) < 4.78 is 12.1. The molecule has 1 saturated heterocycles. The Bertz CT molecular complexity index is 383. The van der Waals surface area contributed by atoms with Crippen molar-refractivity contribution >= 4 is 14.3 Å². The molecule has 1 spiro atoms. The van der Waals surface area contributed by atoms with Crippen LogP contribution in [0.25, 0.3) is 0 Å². The molecule has 3 atom stereocenters. The standard InChI is InChI=1S/C15H26O4Si/c1-4-20(5-2,6-3)19-13-11-12(16)7-9-15(13)10-8-14(17)18-15/h7,9,12-13,16H,4-6,8,10-11H2,1-3H3/t12-,13-,15+/m0/s1. The summed E-state index contributed by atoms with van der Waals surface area (Å²) in [5.41, 5.74) is -0.631. The minimum absolute atomic E-state index is 0.156. The van der Waals surface area contributed by atoms with Gasteiger partial charge in [-0.2, -0.15) is 0 Å². The van der Waals surface area contributed by atoms with E-state index in [2.05, 4.69) is 20.8 Å². The van der Waals surface area contributed by atoms with Gasteiger partial charge in [-0.3, -0.25) is 4.79 Å². The summed E-state index contributed by atoms with van der Waals surface area (Å²) in [5, 5.41) is 9.91. The summed E-state index contributed by atoms with van der Waals surface area (Å²) in [4.78, 5) is 11.6. The maximum atomic E-state index is 11.6. The first-order chi connectivity index (χ1) is 9.49. The Labute approximate surface area is 122 Å². The van der Waals surface area contributed by atoms with Crippen LogP contribution in [0.4, 0.5) is 0 Å². The van der Waals surface area contributed by atoms with Gasteiger partial charge in [-0.05, 0) is 24.2 Å². The van der Waals surface area contributed by atoms with E-state index in [1.54, 1.807) is 6.08 Å². The molecule has 0 radical (unpaired) electrons. The quantitative estimate of drug-likeness (QED) is 0.482. The molecule has 0 aromatic carbocycles. The third-order valence-electron chi connectivity index (χ3n) is 4.95. The number of rotatable bonds is 5. The van der Waals surface area contributed by atoms with Crippen LogP contribution in [0, 0.1) is 0 Å². The number of hydrogen-bond donors (Lipinski definition) is 1. The molecule has 1 aliphatic carbocycles. The predicted octanol–water partition coefficient (Wildman–Crippen LogP) is 2.77. The van der Waals surface area contributed by atoms with E-state index in [-0.39, 0.29) is 12.1 Å². The summed E-state index contributed by atoms with van der Waals surface area (Å²) in [5.74, 6) is -0.156. The lowest BCUT2D eigenvalue weighted by molar-refractivity contribution is -0.153. The van der Waals surface area contributed by atoms with Gasteiger partial charge in [-0.15, -0.1) is 0 Å². The zero-order valence-corrected chi connectivity index (χ0v) is 13.7. The summed E-state index contributed by atoms with van der Waals surface area (Å²) in [6.45, 7) is 6.55. The topological polar surface area (TPSA) is 55.8 Å². The molecule has 2 rings (SSSR count). The highest BCUT2D eigenvalue weighted by atomic mass is 28.4. The maximum Gasteiger partial charge on any atom is 0.306 e. The third-order valence-corrected chi connectivity index (χ3v) is 9.60. The number of ether oxygens (including phenoxy) is 1. The van der Waals surface area contributed by atoms with Crippen LogP contribution in [0.1, 0.15) is 40.0 Å². The van der Waals surface area contributed by atoms with Gasteiger partial charge < -0.3 is 14.3 Å². The molecule has 1 aliphatic heterocycles. The molecular formula is C15H26O4Si. The number of aliphatic hydroxyl groups is 1. The van der Waals surface area contributed by atoms with Crippen molar-refractivity contribution in [3.8, 4) is 0 Å². The third kappa shape index (κ3) is 2.85. The van der Waals surface area contributed by atoms with Gasteiger partial charge in [0.1, 0.15) is 0 Å². The predicted molar refractivity (Wildman–Crippen MR) is 79.9 cm³/mol. The first-order valence-corrected chi connectivity index (χ1v) is 10.3. The van der Waals surface area contributed by atoms with Gasteiger partial charge in [-0.1, -0.05) is 26.8 Å². The summed E-state index contributed by atoms with van der Waals surface area (Å²) in [6.07, 6.45) is 4.55. The van der Waals surface area contributed by atoms with Crippen LogP contribution >= 0.6 is 0 Å². The number of esters is 1. The Kier molecular flexibility index (Phi) is 4.72. The lowest BCUT2D eigenvalue weighted by Crippen LogP contribution is -2.52. The van der Waals surface area contributed by atoms with Crippen LogP contribution in [0.3, 0.4) is 0 Å². The smallest absolute Gasteiger partial charge is 0.306 e. The first kappa shape index (κ1) is 15.7. The number of hydrogen-bond acceptors (Lipinski definition) is 4. The van der Waals surface area contributed by atoms with Crippen LogP contribution in [-0.2, 0) is 14.0 Å². The lowest BCUT2D eigenvalue weighted by atomic mass is 9.84. The Balaban J connectivity index is 2.23. The van der Waals surface area contributed by atoms with E-state index >= 15 is 0 Å². The maximum absolute atomic E-state index is 11.6. The minimum Gasteiger partial charge on any atom is -0.452 e. The molecule has 1 N–H and O–H groups in total. The van der Waals surface area contributed by atoms with E-state index in [0.29, 0.717) is 19.3 Å². The van der Waals surface area contributed by atoms with Gasteiger partial charge in [0, 0.05) is 19.3 Å². The SMILES string of the molecule is CC[Si](CC)(CC)O[C@H]1C[C@@H](O)C=C[C@@]12CCC(=O)O2. The lowest BCUT2D eigenvalue weighted by Gasteiger charge is -2.43. The second kappa shape index (κ2) is 5.99. The van der Waals surface area contributed by atoms with Gasteiger partial charge in [0.2, 0.25) is 0 Å². The van der Waals surface area contributed by atoms with Crippen molar-refractivity contribution in [1.82, 2.24) is 0 Å². The van der Waals surface area contributed by atoms with Gasteiger partial charge >= 0.3 is 5.97 Å². The fourth-order valence-corrected chi connectivity index (χ4v) is 6.18. The van der Waals surface area contributed by atoms with Crippen molar-refractivity contribution < 1.29 is 19.1 Å². The average molecular weight is 298 g/mol. The highest BCUT2D eigenvalue weighted by Gasteiger charge is 2.50. The molecule has 0 aromatic heterocycles. The molecule has 0 amide bonds. The molecule has 1 heterocycles. The van der Waals surface area contributed by atoms with Gasteiger partial charge in [0.15, 0.2) is 13.9 Å². The normalized spacial score (nSPS) is 33.7. The molecular weight excluding hydrogens is 272 g/mol. The van der Waals surface area contributed by atoms with Crippen molar-refractivity contribution in [2.24, 2.45) is 0 Å². The Morgan fingerprint density at radius 1 is 1.40 bits per heavy atom. The highest BCUT2D eigenvalue weighted by molar-refractivity contribution is 6.73. The van der Waals surface area contributed by atoms with E-state index in [9.17, 15) is 9.90 Å². The van der Waals surface area contributed by atoms with Gasteiger partial charge in [0.05, 0.1) is 12.2 Å². The largest absolute Gasteiger partial charge is 0.452 e. The van der Waals surface area contributed by atoms with E-state index in [1.807, 2.05) is 6.08 Å². The highest BCUT2D eigenvalue weighted by Crippen LogP contribution is 2.40. The fourth-order valence-electron chi connectivity index (χ4n) is 3.28. The molecule has 0 bridgehead atoms. The summed E-state index contributed by atoms with van der Waals surface area (Å²) >= 11 is 0. The summed E-state index contributed by atoms with van der Waals surface area (Å²) in [7, 11) is -1.79. The number of carbonyl (C=O) groups excluding carboxylic acids is 1. The van der Waals surface area contributed by atoms with Crippen molar-refractivity contribution in [3.05, 3.63) is 12.2 Å². The van der Waals surface area contributed by atoms with E-state index in [0.717, 1.165) is 18.1 Å². The number of carbonyl (C=O) groups is 1. The van der Waals surface area contributed by atoms with Crippen molar-refractivity contribution in [1.29, 1.82) is 0 Å². The van der Waals surface area contributed by atoms with E-state index in [1.165, 1.54) is 0 Å².